The van der Waals surface area contributed by atoms with Gasteiger partial charge in [0.25, 0.3) is 0 Å². The van der Waals surface area contributed by atoms with E-state index in [4.69, 9.17) is 9.47 Å². The maximum atomic E-state index is 5.68. The van der Waals surface area contributed by atoms with Crippen LogP contribution in [-0.4, -0.2) is 35.3 Å². The minimum absolute atomic E-state index is 0.0692. The van der Waals surface area contributed by atoms with E-state index in [2.05, 4.69) is 36.1 Å². The maximum absolute atomic E-state index is 5.68. The molecule has 5 heteroatoms. The second-order valence-corrected chi connectivity index (χ2v) is 5.99. The van der Waals surface area contributed by atoms with E-state index in [1.165, 1.54) is 0 Å². The second-order valence-electron chi connectivity index (χ2n) is 5.99. The van der Waals surface area contributed by atoms with Crippen LogP contribution in [0.2, 0.25) is 0 Å². The van der Waals surface area contributed by atoms with E-state index in [0.717, 1.165) is 25.3 Å². The first-order valence-corrected chi connectivity index (χ1v) is 6.79. The minimum atomic E-state index is 0.0692. The predicted octanol–water partition coefficient (Wildman–Crippen LogP) is 1.78. The lowest BCUT2D eigenvalue weighted by Gasteiger charge is -2.20. The number of nitrogens with one attached hydrogen (secondary N) is 1. The number of ether oxygens (including phenoxy) is 2. The average molecular weight is 265 g/mol. The number of hydrogen-bond acceptors (Lipinski definition) is 5. The highest BCUT2D eigenvalue weighted by atomic mass is 16.5. The Morgan fingerprint density at radius 3 is 2.95 bits per heavy atom. The molecule has 0 aliphatic carbocycles. The Balaban J connectivity index is 1.84. The number of hydrogen-bond donors (Lipinski definition) is 1. The number of nitrogens with zero attached hydrogens (tertiary/aromatic N) is 2. The van der Waals surface area contributed by atoms with Gasteiger partial charge in [-0.3, -0.25) is 4.98 Å². The normalized spacial score (nSPS) is 19.6. The molecule has 2 heterocycles. The van der Waals surface area contributed by atoms with Gasteiger partial charge in [0.1, 0.15) is 0 Å². The molecule has 1 aliphatic heterocycles. The highest BCUT2D eigenvalue weighted by Crippen LogP contribution is 2.14. The van der Waals surface area contributed by atoms with E-state index in [-0.39, 0.29) is 5.54 Å². The summed E-state index contributed by atoms with van der Waals surface area (Å²) < 4.78 is 11.0. The Bertz CT molecular complexity index is 398. The molecule has 0 saturated carbocycles. The van der Waals surface area contributed by atoms with Crippen LogP contribution >= 0.6 is 0 Å². The van der Waals surface area contributed by atoms with Crippen molar-refractivity contribution in [2.24, 2.45) is 5.92 Å². The standard InChI is InChI=1S/C14H23N3O2/c1-14(2,3)16-7-12-6-15-8-13(17-12)19-10-11-4-5-18-9-11/h6,8,11,16H,4-5,7,9-10H2,1-3H3. The fourth-order valence-electron chi connectivity index (χ4n) is 1.81. The summed E-state index contributed by atoms with van der Waals surface area (Å²) >= 11 is 0. The van der Waals surface area contributed by atoms with Crippen molar-refractivity contribution < 1.29 is 9.47 Å². The van der Waals surface area contributed by atoms with E-state index in [0.29, 0.717) is 24.9 Å². The first-order chi connectivity index (χ1) is 9.03. The van der Waals surface area contributed by atoms with Crippen molar-refractivity contribution in [3.8, 4) is 5.88 Å². The lowest BCUT2D eigenvalue weighted by Crippen LogP contribution is -2.35. The minimum Gasteiger partial charge on any atom is -0.476 e. The molecule has 5 nitrogen and oxygen atoms in total. The van der Waals surface area contributed by atoms with Crippen LogP contribution in [0.15, 0.2) is 12.4 Å². The van der Waals surface area contributed by atoms with Crippen molar-refractivity contribution >= 4 is 0 Å². The average Bonchev–Trinajstić information content (AvgIpc) is 2.87. The molecule has 1 aliphatic rings. The molecule has 0 bridgehead atoms. The highest BCUT2D eigenvalue weighted by Gasteiger charge is 2.16. The first-order valence-electron chi connectivity index (χ1n) is 6.79. The van der Waals surface area contributed by atoms with Gasteiger partial charge in [-0.15, -0.1) is 0 Å². The third-order valence-electron chi connectivity index (χ3n) is 2.95. The van der Waals surface area contributed by atoms with Gasteiger partial charge in [-0.25, -0.2) is 4.98 Å². The van der Waals surface area contributed by atoms with Crippen molar-refractivity contribution in [3.63, 3.8) is 0 Å². The van der Waals surface area contributed by atoms with Gasteiger partial charge in [0.2, 0.25) is 5.88 Å². The monoisotopic (exact) mass is 265 g/mol. The second kappa shape index (κ2) is 6.30. The Hall–Kier alpha value is -1.20. The quantitative estimate of drug-likeness (QED) is 0.879. The van der Waals surface area contributed by atoms with Gasteiger partial charge < -0.3 is 14.8 Å². The third kappa shape index (κ3) is 5.12. The van der Waals surface area contributed by atoms with Crippen LogP contribution in [-0.2, 0) is 11.3 Å². The summed E-state index contributed by atoms with van der Waals surface area (Å²) in [6.45, 7) is 9.36. The summed E-state index contributed by atoms with van der Waals surface area (Å²) in [6, 6.07) is 0. The van der Waals surface area contributed by atoms with Crippen LogP contribution in [0.5, 0.6) is 5.88 Å². The van der Waals surface area contributed by atoms with Crippen LogP contribution < -0.4 is 10.1 Å². The van der Waals surface area contributed by atoms with Crippen molar-refractivity contribution in [1.29, 1.82) is 0 Å². The van der Waals surface area contributed by atoms with E-state index >= 15 is 0 Å². The Morgan fingerprint density at radius 1 is 1.42 bits per heavy atom. The molecule has 1 saturated heterocycles. The van der Waals surface area contributed by atoms with Crippen molar-refractivity contribution in [2.45, 2.75) is 39.3 Å². The Morgan fingerprint density at radius 2 is 2.26 bits per heavy atom. The molecule has 1 aromatic heterocycles. The van der Waals surface area contributed by atoms with Gasteiger partial charge in [0.15, 0.2) is 0 Å². The van der Waals surface area contributed by atoms with E-state index < -0.39 is 0 Å². The van der Waals surface area contributed by atoms with Crippen LogP contribution in [0.3, 0.4) is 0 Å². The summed E-state index contributed by atoms with van der Waals surface area (Å²) in [5.41, 5.74) is 0.967. The molecule has 1 atom stereocenters. The molecular weight excluding hydrogens is 242 g/mol. The van der Waals surface area contributed by atoms with E-state index in [1.54, 1.807) is 12.4 Å². The fraction of sp³-hybridized carbons (Fsp3) is 0.714. The number of rotatable bonds is 5. The molecule has 19 heavy (non-hydrogen) atoms. The van der Waals surface area contributed by atoms with Gasteiger partial charge in [0, 0.05) is 30.8 Å². The molecule has 1 fully saturated rings. The Kier molecular flexibility index (Phi) is 4.71. The molecule has 1 N–H and O–H groups in total. The van der Waals surface area contributed by atoms with Crippen LogP contribution in [0.25, 0.3) is 0 Å². The molecular formula is C14H23N3O2. The van der Waals surface area contributed by atoms with Gasteiger partial charge >= 0.3 is 0 Å². The molecule has 106 valence electrons. The first kappa shape index (κ1) is 14.2. The zero-order chi connectivity index (χ0) is 13.7. The maximum Gasteiger partial charge on any atom is 0.232 e. The summed E-state index contributed by atoms with van der Waals surface area (Å²) in [5.74, 6) is 1.08. The lowest BCUT2D eigenvalue weighted by atomic mass is 10.1. The molecule has 0 radical (unpaired) electrons. The molecule has 0 aromatic carbocycles. The smallest absolute Gasteiger partial charge is 0.232 e. The summed E-state index contributed by atoms with van der Waals surface area (Å²) in [6.07, 6.45) is 4.50. The van der Waals surface area contributed by atoms with E-state index in [9.17, 15) is 0 Å². The summed E-state index contributed by atoms with van der Waals surface area (Å²) in [7, 11) is 0. The summed E-state index contributed by atoms with van der Waals surface area (Å²) in [4.78, 5) is 8.62. The molecule has 0 amide bonds. The van der Waals surface area contributed by atoms with Crippen LogP contribution in [0.1, 0.15) is 32.9 Å². The summed E-state index contributed by atoms with van der Waals surface area (Å²) in [5, 5.41) is 3.38. The SMILES string of the molecule is CC(C)(C)NCc1cncc(OCC2CCOC2)n1. The third-order valence-corrected chi connectivity index (χ3v) is 2.95. The van der Waals surface area contributed by atoms with Crippen molar-refractivity contribution in [3.05, 3.63) is 18.1 Å². The highest BCUT2D eigenvalue weighted by molar-refractivity contribution is 5.08. The zero-order valence-corrected chi connectivity index (χ0v) is 12.0. The van der Waals surface area contributed by atoms with Crippen LogP contribution in [0, 0.1) is 5.92 Å². The largest absolute Gasteiger partial charge is 0.476 e. The molecule has 1 aromatic rings. The molecule has 0 spiro atoms. The van der Waals surface area contributed by atoms with Gasteiger partial charge in [-0.05, 0) is 27.2 Å². The van der Waals surface area contributed by atoms with Crippen molar-refractivity contribution in [1.82, 2.24) is 15.3 Å². The molecule has 2 rings (SSSR count). The van der Waals surface area contributed by atoms with Gasteiger partial charge in [0.05, 0.1) is 25.1 Å². The fourth-order valence-corrected chi connectivity index (χ4v) is 1.81. The van der Waals surface area contributed by atoms with Gasteiger partial charge in [-0.2, -0.15) is 0 Å². The van der Waals surface area contributed by atoms with Crippen molar-refractivity contribution in [2.75, 3.05) is 19.8 Å². The predicted molar refractivity (Wildman–Crippen MR) is 73.0 cm³/mol. The number of aromatic nitrogens is 2. The topological polar surface area (TPSA) is 56.3 Å². The lowest BCUT2D eigenvalue weighted by molar-refractivity contribution is 0.165. The van der Waals surface area contributed by atoms with Gasteiger partial charge in [-0.1, -0.05) is 0 Å². The molecule has 1 unspecified atom stereocenters. The zero-order valence-electron chi connectivity index (χ0n) is 12.0. The Labute approximate surface area is 114 Å². The van der Waals surface area contributed by atoms with Crippen LogP contribution in [0.4, 0.5) is 0 Å². The van der Waals surface area contributed by atoms with E-state index in [1.807, 2.05) is 0 Å².